The van der Waals surface area contributed by atoms with Gasteiger partial charge >= 0.3 is 0 Å². The average molecular weight is 353 g/mol. The first-order chi connectivity index (χ1) is 12.1. The van der Waals surface area contributed by atoms with Gasteiger partial charge in [0.25, 0.3) is 0 Å². The van der Waals surface area contributed by atoms with Crippen molar-refractivity contribution < 1.29 is 9.47 Å². The summed E-state index contributed by atoms with van der Waals surface area (Å²) in [5.41, 5.74) is 0.244. The number of rotatable bonds is 10. The third-order valence-electron chi connectivity index (χ3n) is 8.03. The van der Waals surface area contributed by atoms with Gasteiger partial charge in [-0.05, 0) is 75.5 Å². The Morgan fingerprint density at radius 3 is 1.80 bits per heavy atom. The van der Waals surface area contributed by atoms with Crippen molar-refractivity contribution in [2.75, 3.05) is 13.7 Å². The van der Waals surface area contributed by atoms with Crippen LogP contribution in [-0.2, 0) is 9.47 Å². The molecule has 0 aromatic heterocycles. The predicted molar refractivity (Wildman–Crippen MR) is 107 cm³/mol. The number of ether oxygens (including phenoxy) is 2. The Balaban J connectivity index is 1.97. The number of hydrogen-bond acceptors (Lipinski definition) is 2. The van der Waals surface area contributed by atoms with Crippen LogP contribution in [0.5, 0.6) is 0 Å². The zero-order chi connectivity index (χ0) is 18.3. The highest BCUT2D eigenvalue weighted by Gasteiger charge is 2.41. The lowest BCUT2D eigenvalue weighted by Crippen LogP contribution is -2.43. The van der Waals surface area contributed by atoms with Crippen LogP contribution in [0.2, 0.25) is 0 Å². The van der Waals surface area contributed by atoms with Crippen LogP contribution in [0, 0.1) is 17.8 Å². The first-order valence-electron chi connectivity index (χ1n) is 11.3. The quantitative estimate of drug-likeness (QED) is 0.432. The van der Waals surface area contributed by atoms with E-state index in [1.165, 1.54) is 64.2 Å². The fourth-order valence-corrected chi connectivity index (χ4v) is 6.09. The Hall–Kier alpha value is -0.0800. The van der Waals surface area contributed by atoms with E-state index >= 15 is 0 Å². The van der Waals surface area contributed by atoms with Crippen molar-refractivity contribution in [3.8, 4) is 0 Å². The molecule has 0 aliphatic heterocycles. The van der Waals surface area contributed by atoms with Gasteiger partial charge in [0.1, 0.15) is 0 Å². The molecule has 2 rings (SSSR count). The fourth-order valence-electron chi connectivity index (χ4n) is 6.09. The molecule has 2 unspecified atom stereocenters. The van der Waals surface area contributed by atoms with Gasteiger partial charge in [-0.2, -0.15) is 0 Å². The summed E-state index contributed by atoms with van der Waals surface area (Å²) >= 11 is 0. The Morgan fingerprint density at radius 1 is 0.720 bits per heavy atom. The monoisotopic (exact) mass is 352 g/mol. The van der Waals surface area contributed by atoms with E-state index in [2.05, 4.69) is 27.7 Å². The molecular formula is C23H44O2. The maximum Gasteiger partial charge on any atom is 0.0705 e. The molecule has 2 nitrogen and oxygen atoms in total. The van der Waals surface area contributed by atoms with Crippen molar-refractivity contribution in [2.45, 2.75) is 116 Å². The van der Waals surface area contributed by atoms with E-state index in [9.17, 15) is 0 Å². The van der Waals surface area contributed by atoms with Gasteiger partial charge in [0, 0.05) is 7.11 Å². The third kappa shape index (κ3) is 4.61. The molecule has 0 N–H and O–H groups in total. The van der Waals surface area contributed by atoms with Gasteiger partial charge < -0.3 is 9.47 Å². The van der Waals surface area contributed by atoms with Crippen molar-refractivity contribution in [3.63, 3.8) is 0 Å². The van der Waals surface area contributed by atoms with E-state index in [1.807, 2.05) is 7.11 Å². The fraction of sp³-hybridized carbons (Fsp3) is 1.00. The summed E-state index contributed by atoms with van der Waals surface area (Å²) < 4.78 is 12.8. The zero-order valence-electron chi connectivity index (χ0n) is 17.7. The van der Waals surface area contributed by atoms with Gasteiger partial charge in [-0.1, -0.05) is 47.0 Å². The molecule has 0 spiro atoms. The second-order valence-corrected chi connectivity index (χ2v) is 8.77. The SMILES string of the molecule is CCC(CC)(OC)C1CCCC(COC(CC)(CC)C2CCCC2)C1. The molecule has 0 aromatic rings. The molecule has 0 aromatic carbocycles. The summed E-state index contributed by atoms with van der Waals surface area (Å²) in [7, 11) is 1.92. The predicted octanol–water partition coefficient (Wildman–Crippen LogP) is 6.76. The van der Waals surface area contributed by atoms with Crippen molar-refractivity contribution in [2.24, 2.45) is 17.8 Å². The Bertz CT molecular complexity index is 356. The van der Waals surface area contributed by atoms with Crippen LogP contribution in [0.15, 0.2) is 0 Å². The molecule has 2 aliphatic carbocycles. The van der Waals surface area contributed by atoms with Crippen LogP contribution in [0.25, 0.3) is 0 Å². The molecule has 2 heteroatoms. The van der Waals surface area contributed by atoms with E-state index in [0.29, 0.717) is 5.92 Å². The largest absolute Gasteiger partial charge is 0.378 e. The first kappa shape index (κ1) is 21.2. The highest BCUT2D eigenvalue weighted by atomic mass is 16.5. The second kappa shape index (κ2) is 9.74. The molecule has 0 radical (unpaired) electrons. The summed E-state index contributed by atoms with van der Waals surface area (Å²) in [4.78, 5) is 0. The summed E-state index contributed by atoms with van der Waals surface area (Å²) in [6, 6.07) is 0. The normalized spacial score (nSPS) is 26.3. The van der Waals surface area contributed by atoms with Crippen LogP contribution in [0.4, 0.5) is 0 Å². The summed E-state index contributed by atoms with van der Waals surface area (Å²) in [6.45, 7) is 10.3. The van der Waals surface area contributed by atoms with E-state index in [4.69, 9.17) is 9.47 Å². The third-order valence-corrected chi connectivity index (χ3v) is 8.03. The molecule has 0 amide bonds. The summed E-state index contributed by atoms with van der Waals surface area (Å²) in [6.07, 6.45) is 15.5. The molecule has 2 atom stereocenters. The topological polar surface area (TPSA) is 18.5 Å². The lowest BCUT2D eigenvalue weighted by Gasteiger charge is -2.44. The maximum atomic E-state index is 6.77. The molecule has 2 aliphatic rings. The van der Waals surface area contributed by atoms with Crippen LogP contribution in [0.1, 0.15) is 105 Å². The minimum absolute atomic E-state index is 0.0940. The Morgan fingerprint density at radius 2 is 1.28 bits per heavy atom. The van der Waals surface area contributed by atoms with E-state index < -0.39 is 0 Å². The van der Waals surface area contributed by atoms with Gasteiger partial charge in [0.2, 0.25) is 0 Å². The number of hydrogen-bond donors (Lipinski definition) is 0. The highest BCUT2D eigenvalue weighted by molar-refractivity contribution is 4.92. The molecule has 2 saturated carbocycles. The highest BCUT2D eigenvalue weighted by Crippen LogP contribution is 2.44. The smallest absolute Gasteiger partial charge is 0.0705 e. The van der Waals surface area contributed by atoms with Crippen LogP contribution in [0.3, 0.4) is 0 Å². The van der Waals surface area contributed by atoms with Crippen LogP contribution in [-0.4, -0.2) is 24.9 Å². The molecule has 25 heavy (non-hydrogen) atoms. The summed E-state index contributed by atoms with van der Waals surface area (Å²) in [5, 5.41) is 0. The van der Waals surface area contributed by atoms with Crippen LogP contribution >= 0.6 is 0 Å². The molecule has 0 bridgehead atoms. The van der Waals surface area contributed by atoms with Crippen molar-refractivity contribution in [1.82, 2.24) is 0 Å². The molecule has 148 valence electrons. The van der Waals surface area contributed by atoms with Gasteiger partial charge in [-0.15, -0.1) is 0 Å². The minimum atomic E-state index is 0.0940. The van der Waals surface area contributed by atoms with E-state index in [-0.39, 0.29) is 11.2 Å². The van der Waals surface area contributed by atoms with Gasteiger partial charge in [-0.25, -0.2) is 0 Å². The molecule has 2 fully saturated rings. The Kier molecular flexibility index (Phi) is 8.27. The van der Waals surface area contributed by atoms with Gasteiger partial charge in [0.15, 0.2) is 0 Å². The van der Waals surface area contributed by atoms with Crippen LogP contribution < -0.4 is 0 Å². The van der Waals surface area contributed by atoms with Gasteiger partial charge in [0.05, 0.1) is 17.8 Å². The standard InChI is InChI=1S/C23H44O2/c1-6-22(7-2,24-5)21-16-12-13-19(17-21)18-25-23(8-3,9-4)20-14-10-11-15-20/h19-21H,6-18H2,1-5H3. The van der Waals surface area contributed by atoms with Crippen molar-refractivity contribution >= 4 is 0 Å². The first-order valence-corrected chi connectivity index (χ1v) is 11.3. The summed E-state index contributed by atoms with van der Waals surface area (Å²) in [5.74, 6) is 2.23. The van der Waals surface area contributed by atoms with Gasteiger partial charge in [-0.3, -0.25) is 0 Å². The zero-order valence-corrected chi connectivity index (χ0v) is 17.7. The molecule has 0 saturated heterocycles. The molecular weight excluding hydrogens is 308 g/mol. The van der Waals surface area contributed by atoms with Crippen molar-refractivity contribution in [3.05, 3.63) is 0 Å². The maximum absolute atomic E-state index is 6.77. The number of methoxy groups -OCH3 is 1. The molecule has 0 heterocycles. The Labute approximate surface area is 157 Å². The average Bonchev–Trinajstić information content (AvgIpc) is 3.21. The van der Waals surface area contributed by atoms with E-state index in [1.54, 1.807) is 0 Å². The minimum Gasteiger partial charge on any atom is -0.378 e. The lowest BCUT2D eigenvalue weighted by atomic mass is 9.70. The second-order valence-electron chi connectivity index (χ2n) is 8.77. The lowest BCUT2D eigenvalue weighted by molar-refractivity contribution is -0.121. The van der Waals surface area contributed by atoms with Crippen molar-refractivity contribution in [1.29, 1.82) is 0 Å². The van der Waals surface area contributed by atoms with E-state index in [0.717, 1.165) is 31.3 Å².